The van der Waals surface area contributed by atoms with Crippen molar-refractivity contribution in [1.82, 2.24) is 0 Å². The molecule has 14 nitrogen and oxygen atoms in total. The summed E-state index contributed by atoms with van der Waals surface area (Å²) in [5.74, 6) is 0. The third-order valence-corrected chi connectivity index (χ3v) is 0. The van der Waals surface area contributed by atoms with Gasteiger partial charge in [-0.3, -0.25) is 0 Å². The van der Waals surface area contributed by atoms with Gasteiger partial charge in [0.2, 0.25) is 0 Å². The minimum atomic E-state index is -1.75. The molecule has 0 amide bonds. The molecule has 0 heterocycles. The Hall–Kier alpha value is 0.169. The molecule has 0 saturated carbocycles. The first-order valence-corrected chi connectivity index (χ1v) is 1.64. The molecule has 0 fully saturated rings. The molecule has 16 heavy (non-hydrogen) atoms. The molecule has 0 saturated heterocycles. The zero-order chi connectivity index (χ0) is 10.7. The standard InChI is InChI=1S/K.3NO3.Np.2O/c;3*2-1(3)4;;;/q+1;3*-1;;2*-2. The van der Waals surface area contributed by atoms with Crippen LogP contribution in [0.5, 0.6) is 0 Å². The average Bonchev–Trinajstić information content (AvgIpc) is 1.54. The minimum absolute atomic E-state index is 0. The molecule has 0 aliphatic heterocycles. The molecule has 93 valence electrons. The number of hydrogen-bond acceptors (Lipinski definition) is 9. The summed E-state index contributed by atoms with van der Waals surface area (Å²) in [5.41, 5.74) is 0. The van der Waals surface area contributed by atoms with Crippen molar-refractivity contribution in [2.24, 2.45) is 0 Å². The van der Waals surface area contributed by atoms with Crippen LogP contribution in [-0.4, -0.2) is 15.3 Å². The van der Waals surface area contributed by atoms with Crippen LogP contribution in [0.4, 0.5) is 0 Å². The largest absolute Gasteiger partial charge is 2.00 e. The van der Waals surface area contributed by atoms with E-state index in [9.17, 15) is 0 Å². The van der Waals surface area contributed by atoms with Crippen molar-refractivity contribution in [1.29, 1.82) is 0 Å². The van der Waals surface area contributed by atoms with Crippen molar-refractivity contribution < 1.29 is 108 Å². The maximum absolute atomic E-state index is 8.25. The molecule has 0 aliphatic carbocycles. The Morgan fingerprint density at radius 3 is 0.562 bits per heavy atom. The summed E-state index contributed by atoms with van der Waals surface area (Å²) >= 11 is 0. The van der Waals surface area contributed by atoms with Gasteiger partial charge in [0, 0.05) is 29.9 Å². The summed E-state index contributed by atoms with van der Waals surface area (Å²) in [6, 6.07) is 0. The van der Waals surface area contributed by atoms with E-state index in [4.69, 9.17) is 46.0 Å². The second kappa shape index (κ2) is 36.2. The Bertz CT molecular complexity index is 119. The molecule has 0 bridgehead atoms. The number of rotatable bonds is 0. The summed E-state index contributed by atoms with van der Waals surface area (Å²) in [4.78, 5) is 24.8. The summed E-state index contributed by atoms with van der Waals surface area (Å²) in [7, 11) is 0. The minimum Gasteiger partial charge on any atom is -2.00 e. The van der Waals surface area contributed by atoms with E-state index in [0.29, 0.717) is 0 Å². The zero-order valence-corrected chi connectivity index (χ0v) is 14.1. The third-order valence-electron chi connectivity index (χ3n) is 0. The van der Waals surface area contributed by atoms with Gasteiger partial charge in [-0.1, -0.05) is 0 Å². The van der Waals surface area contributed by atoms with Crippen molar-refractivity contribution in [3.05, 3.63) is 46.0 Å². The SMILES string of the molecule is O=[N+]([O-])[O-].O=[N+]([O-])[O-].O=[N+]([O-])[O-].[K+].[Np].[O-2].[O-2]. The Kier molecular flexibility index (Phi) is 100. The van der Waals surface area contributed by atoms with Crippen LogP contribution in [0.1, 0.15) is 0 Å². The van der Waals surface area contributed by atoms with E-state index in [2.05, 4.69) is 0 Å². The van der Waals surface area contributed by atoms with E-state index < -0.39 is 15.3 Å². The number of hydrogen-bond donors (Lipinski definition) is 0. The monoisotopic (exact) mass is 493 g/mol. The first kappa shape index (κ1) is 44.3. The first-order valence-electron chi connectivity index (χ1n) is 1.64. The summed E-state index contributed by atoms with van der Waals surface area (Å²) < 4.78 is 0. The Morgan fingerprint density at radius 1 is 0.562 bits per heavy atom. The molecular formula is KN3NpO11-6. The van der Waals surface area contributed by atoms with Crippen molar-refractivity contribution >= 4 is 0 Å². The molecule has 1 radical (unpaired) electrons. The van der Waals surface area contributed by atoms with Gasteiger partial charge in [0.15, 0.2) is 0 Å². The first-order chi connectivity index (χ1) is 5.20. The van der Waals surface area contributed by atoms with E-state index in [1.54, 1.807) is 0 Å². The fraction of sp³-hybridized carbons (Fsp3) is 0. The van der Waals surface area contributed by atoms with E-state index in [1.807, 2.05) is 0 Å². The van der Waals surface area contributed by atoms with Gasteiger partial charge in [0.05, 0.1) is 15.3 Å². The topological polar surface area (TPSA) is 256 Å². The molecule has 0 rings (SSSR count). The fourth-order valence-electron chi connectivity index (χ4n) is 0. The van der Waals surface area contributed by atoms with Gasteiger partial charge in [-0.05, 0) is 0 Å². The molecule has 0 spiro atoms. The molecule has 0 atom stereocenters. The van der Waals surface area contributed by atoms with Crippen LogP contribution >= 0.6 is 0 Å². The molecule has 0 aromatic carbocycles. The Balaban J connectivity index is -0.0000000135. The molecule has 0 aromatic rings. The van der Waals surface area contributed by atoms with Crippen molar-refractivity contribution in [3.8, 4) is 0 Å². The van der Waals surface area contributed by atoms with Gasteiger partial charge in [-0.15, -0.1) is 0 Å². The predicted molar refractivity (Wildman–Crippen MR) is 32.5 cm³/mol. The van der Waals surface area contributed by atoms with Crippen molar-refractivity contribution in [3.63, 3.8) is 0 Å². The summed E-state index contributed by atoms with van der Waals surface area (Å²) in [6.45, 7) is 0. The van der Waals surface area contributed by atoms with Crippen LogP contribution in [0.15, 0.2) is 0 Å². The van der Waals surface area contributed by atoms with Gasteiger partial charge >= 0.3 is 51.4 Å². The summed E-state index contributed by atoms with van der Waals surface area (Å²) in [6.07, 6.45) is 0. The van der Waals surface area contributed by atoms with E-state index in [-0.39, 0.29) is 92.3 Å². The van der Waals surface area contributed by atoms with Gasteiger partial charge in [-0.2, -0.15) is 0 Å². The Labute approximate surface area is 151 Å². The molecular weight excluding hydrogens is 494 g/mol. The fourth-order valence-corrected chi connectivity index (χ4v) is 0. The van der Waals surface area contributed by atoms with Crippen LogP contribution in [-0.2, 0) is 11.0 Å². The maximum atomic E-state index is 8.25. The molecule has 16 heteroatoms. The predicted octanol–water partition coefficient (Wildman–Crippen LogP) is -3.95. The van der Waals surface area contributed by atoms with Crippen LogP contribution in [0.2, 0.25) is 0 Å². The van der Waals surface area contributed by atoms with Gasteiger partial charge in [-0.25, -0.2) is 0 Å². The van der Waals surface area contributed by atoms with Crippen LogP contribution in [0.25, 0.3) is 0 Å². The molecule has 0 unspecified atom stereocenters. The van der Waals surface area contributed by atoms with E-state index in [1.165, 1.54) is 0 Å². The number of nitrogens with zero attached hydrogens (tertiary/aromatic N) is 3. The molecule has 0 N–H and O–H groups in total. The van der Waals surface area contributed by atoms with E-state index in [0.717, 1.165) is 0 Å². The quantitative estimate of drug-likeness (QED) is 0.181. The van der Waals surface area contributed by atoms with Crippen LogP contribution in [0.3, 0.4) is 0 Å². The van der Waals surface area contributed by atoms with Crippen LogP contribution in [0, 0.1) is 75.9 Å². The second-order valence-corrected chi connectivity index (χ2v) is 0.671. The molecule has 0 aliphatic rings. The van der Waals surface area contributed by atoms with Gasteiger partial charge in [0.1, 0.15) is 0 Å². The van der Waals surface area contributed by atoms with Gasteiger partial charge in [0.25, 0.3) is 0 Å². The maximum Gasteiger partial charge on any atom is 1.00 e. The zero-order valence-electron chi connectivity index (χ0n) is 7.28. The van der Waals surface area contributed by atoms with Crippen molar-refractivity contribution in [2.75, 3.05) is 0 Å². The second-order valence-electron chi connectivity index (χ2n) is 0.671. The average molecular weight is 494 g/mol. The summed E-state index contributed by atoms with van der Waals surface area (Å²) in [5, 5.41) is 44.2. The van der Waals surface area contributed by atoms with Gasteiger partial charge < -0.3 is 56.9 Å². The third kappa shape index (κ3) is 85700. The van der Waals surface area contributed by atoms with Crippen LogP contribution < -0.4 is 51.4 Å². The smallest absolute Gasteiger partial charge is 1.00 e. The molecule has 0 aromatic heterocycles. The normalized spacial score (nSPS) is 4.50. The van der Waals surface area contributed by atoms with E-state index >= 15 is 0 Å². The Morgan fingerprint density at radius 2 is 0.562 bits per heavy atom. The van der Waals surface area contributed by atoms with Crippen molar-refractivity contribution in [2.45, 2.75) is 0 Å².